The number of nitrogens with one attached hydrogen (secondary N) is 1. The number of ether oxygens (including phenoxy) is 1. The van der Waals surface area contributed by atoms with E-state index in [2.05, 4.69) is 34.5 Å². The highest BCUT2D eigenvalue weighted by molar-refractivity contribution is 5.76. The number of benzene rings is 1. The van der Waals surface area contributed by atoms with E-state index in [0.717, 1.165) is 38.0 Å². The number of rotatable bonds is 6. The monoisotopic (exact) mass is 395 g/mol. The zero-order chi connectivity index (χ0) is 20.2. The Bertz CT molecular complexity index is 931. The van der Waals surface area contributed by atoms with E-state index >= 15 is 0 Å². The van der Waals surface area contributed by atoms with E-state index in [0.29, 0.717) is 6.54 Å². The summed E-state index contributed by atoms with van der Waals surface area (Å²) in [5.74, 6) is 0.263. The average molecular weight is 396 g/mol. The van der Waals surface area contributed by atoms with E-state index in [9.17, 15) is 9.59 Å². The summed E-state index contributed by atoms with van der Waals surface area (Å²) < 4.78 is 7.08. The second-order valence-electron chi connectivity index (χ2n) is 8.10. The van der Waals surface area contributed by atoms with Gasteiger partial charge < -0.3 is 14.6 Å². The second-order valence-corrected chi connectivity index (χ2v) is 8.10. The summed E-state index contributed by atoms with van der Waals surface area (Å²) in [6, 6.07) is 10.4. The fourth-order valence-corrected chi connectivity index (χ4v) is 4.45. The largest absolute Gasteiger partial charge is 0.491 e. The molecule has 2 aromatic rings. The van der Waals surface area contributed by atoms with Crippen LogP contribution in [0.15, 0.2) is 41.3 Å². The number of nitrogens with zero attached hydrogens (tertiary/aromatic N) is 2. The lowest BCUT2D eigenvalue weighted by atomic mass is 10.00. The van der Waals surface area contributed by atoms with Gasteiger partial charge in [-0.05, 0) is 30.4 Å². The van der Waals surface area contributed by atoms with Crippen molar-refractivity contribution in [1.29, 1.82) is 0 Å². The minimum atomic E-state index is -0.146. The molecule has 0 atom stereocenters. The van der Waals surface area contributed by atoms with Crippen molar-refractivity contribution in [2.24, 2.45) is 0 Å². The van der Waals surface area contributed by atoms with Crippen molar-refractivity contribution >= 4 is 5.91 Å². The van der Waals surface area contributed by atoms with Gasteiger partial charge in [-0.3, -0.25) is 14.5 Å². The third kappa shape index (κ3) is 4.70. The summed E-state index contributed by atoms with van der Waals surface area (Å²) >= 11 is 0. The summed E-state index contributed by atoms with van der Waals surface area (Å²) in [7, 11) is 1.49. The molecule has 1 aromatic heterocycles. The Balaban J connectivity index is 1.51. The van der Waals surface area contributed by atoms with E-state index in [1.165, 1.54) is 31.1 Å². The molecule has 2 aliphatic rings. The first kappa shape index (κ1) is 19.7. The Labute approximate surface area is 171 Å². The van der Waals surface area contributed by atoms with Crippen LogP contribution >= 0.6 is 0 Å². The van der Waals surface area contributed by atoms with Gasteiger partial charge in [0.15, 0.2) is 5.75 Å². The highest BCUT2D eigenvalue weighted by atomic mass is 16.5. The zero-order valence-electron chi connectivity index (χ0n) is 17.0. The van der Waals surface area contributed by atoms with Crippen molar-refractivity contribution in [1.82, 2.24) is 14.8 Å². The molecule has 1 aliphatic carbocycles. The molecule has 0 unspecified atom stereocenters. The van der Waals surface area contributed by atoms with Gasteiger partial charge >= 0.3 is 0 Å². The van der Waals surface area contributed by atoms with E-state index in [1.807, 2.05) is 4.57 Å². The maximum absolute atomic E-state index is 12.6. The number of aromatic nitrogens is 1. The number of carbonyl (C=O) groups is 1. The van der Waals surface area contributed by atoms with E-state index in [1.54, 1.807) is 12.3 Å². The van der Waals surface area contributed by atoms with Crippen LogP contribution in [0.3, 0.4) is 0 Å². The van der Waals surface area contributed by atoms with Gasteiger partial charge in [0.25, 0.3) is 0 Å². The molecule has 1 amide bonds. The first-order valence-electron chi connectivity index (χ1n) is 10.5. The van der Waals surface area contributed by atoms with Crippen LogP contribution in [0.2, 0.25) is 0 Å². The molecule has 0 radical (unpaired) electrons. The van der Waals surface area contributed by atoms with E-state index in [4.69, 9.17) is 4.74 Å². The van der Waals surface area contributed by atoms with Gasteiger partial charge in [0.05, 0.1) is 13.3 Å². The minimum Gasteiger partial charge on any atom is -0.491 e. The van der Waals surface area contributed by atoms with Gasteiger partial charge in [-0.1, -0.05) is 37.1 Å². The maximum atomic E-state index is 12.6. The van der Waals surface area contributed by atoms with Gasteiger partial charge in [-0.15, -0.1) is 0 Å². The molecule has 4 rings (SSSR count). The Kier molecular flexibility index (Phi) is 6.00. The SMILES string of the molecule is COc1cn(CC(=O)NC2CCCC2)c(CN2CCc3ccccc3C2)cc1=O. The Morgan fingerprint density at radius 2 is 1.97 bits per heavy atom. The molecule has 0 bridgehead atoms. The lowest BCUT2D eigenvalue weighted by Gasteiger charge is -2.29. The van der Waals surface area contributed by atoms with Crippen molar-refractivity contribution < 1.29 is 9.53 Å². The normalized spacial score (nSPS) is 17.1. The van der Waals surface area contributed by atoms with Crippen molar-refractivity contribution in [2.45, 2.75) is 57.8 Å². The maximum Gasteiger partial charge on any atom is 0.240 e. The van der Waals surface area contributed by atoms with Crippen LogP contribution in [0.25, 0.3) is 0 Å². The van der Waals surface area contributed by atoms with Crippen LogP contribution in [0.5, 0.6) is 5.75 Å². The fourth-order valence-electron chi connectivity index (χ4n) is 4.45. The van der Waals surface area contributed by atoms with E-state index in [-0.39, 0.29) is 29.7 Å². The number of hydrogen-bond acceptors (Lipinski definition) is 4. The second kappa shape index (κ2) is 8.82. The highest BCUT2D eigenvalue weighted by Crippen LogP contribution is 2.21. The van der Waals surface area contributed by atoms with Crippen LogP contribution in [0.4, 0.5) is 0 Å². The Morgan fingerprint density at radius 1 is 1.21 bits per heavy atom. The van der Waals surface area contributed by atoms with Gasteiger partial charge in [0.1, 0.15) is 6.54 Å². The lowest BCUT2D eigenvalue weighted by Crippen LogP contribution is -2.37. The summed E-state index contributed by atoms with van der Waals surface area (Å²) in [5, 5.41) is 3.13. The molecule has 154 valence electrons. The highest BCUT2D eigenvalue weighted by Gasteiger charge is 2.20. The number of carbonyl (C=O) groups excluding carboxylic acids is 1. The van der Waals surface area contributed by atoms with Crippen LogP contribution in [0.1, 0.15) is 42.5 Å². The molecule has 1 aliphatic heterocycles. The predicted molar refractivity (Wildman–Crippen MR) is 112 cm³/mol. The van der Waals surface area contributed by atoms with Crippen LogP contribution in [-0.4, -0.2) is 35.1 Å². The minimum absolute atomic E-state index is 0.00663. The number of pyridine rings is 1. The molecular formula is C23H29N3O3. The average Bonchev–Trinajstić information content (AvgIpc) is 3.22. The molecule has 1 N–H and O–H groups in total. The number of amides is 1. The van der Waals surface area contributed by atoms with Crippen molar-refractivity contribution in [2.75, 3.05) is 13.7 Å². The number of methoxy groups -OCH3 is 1. The summed E-state index contributed by atoms with van der Waals surface area (Å²) in [5.41, 5.74) is 3.43. The van der Waals surface area contributed by atoms with Crippen molar-refractivity contribution in [3.63, 3.8) is 0 Å². The lowest BCUT2D eigenvalue weighted by molar-refractivity contribution is -0.122. The van der Waals surface area contributed by atoms with Gasteiger partial charge in [-0.25, -0.2) is 0 Å². The Morgan fingerprint density at radius 3 is 2.72 bits per heavy atom. The zero-order valence-corrected chi connectivity index (χ0v) is 17.0. The molecular weight excluding hydrogens is 366 g/mol. The predicted octanol–water partition coefficient (Wildman–Crippen LogP) is 2.47. The smallest absolute Gasteiger partial charge is 0.240 e. The third-order valence-corrected chi connectivity index (χ3v) is 6.03. The van der Waals surface area contributed by atoms with Crippen molar-refractivity contribution in [3.05, 3.63) is 63.6 Å². The summed E-state index contributed by atoms with van der Waals surface area (Å²) in [6.45, 7) is 2.62. The van der Waals surface area contributed by atoms with Crippen LogP contribution < -0.4 is 15.5 Å². The quantitative estimate of drug-likeness (QED) is 0.816. The van der Waals surface area contributed by atoms with Crippen LogP contribution in [0, 0.1) is 0 Å². The van der Waals surface area contributed by atoms with Crippen molar-refractivity contribution in [3.8, 4) is 5.75 Å². The molecule has 0 spiro atoms. The number of hydrogen-bond donors (Lipinski definition) is 1. The van der Waals surface area contributed by atoms with Gasteiger partial charge in [-0.2, -0.15) is 0 Å². The molecule has 6 nitrogen and oxygen atoms in total. The van der Waals surface area contributed by atoms with Gasteiger partial charge in [0, 0.05) is 37.4 Å². The Hall–Kier alpha value is -2.60. The molecule has 2 heterocycles. The molecule has 1 fully saturated rings. The molecule has 6 heteroatoms. The molecule has 1 saturated carbocycles. The first-order chi connectivity index (χ1) is 14.1. The topological polar surface area (TPSA) is 63.6 Å². The van der Waals surface area contributed by atoms with Gasteiger partial charge in [0.2, 0.25) is 11.3 Å². The third-order valence-electron chi connectivity index (χ3n) is 6.03. The van der Waals surface area contributed by atoms with E-state index < -0.39 is 0 Å². The fraction of sp³-hybridized carbons (Fsp3) is 0.478. The molecule has 0 saturated heterocycles. The number of fused-ring (bicyclic) bond motifs is 1. The van der Waals surface area contributed by atoms with Crippen LogP contribution in [-0.2, 0) is 30.8 Å². The summed E-state index contributed by atoms with van der Waals surface area (Å²) in [4.78, 5) is 27.3. The molecule has 1 aromatic carbocycles. The summed E-state index contributed by atoms with van der Waals surface area (Å²) in [6.07, 6.45) is 7.14. The first-order valence-corrected chi connectivity index (χ1v) is 10.5. The molecule has 29 heavy (non-hydrogen) atoms. The standard InChI is InChI=1S/C23H29N3O3/c1-29-22-15-26(16-23(28)24-19-8-4-5-9-19)20(12-21(22)27)14-25-11-10-17-6-2-3-7-18(17)13-25/h2-3,6-7,12,15,19H,4-5,8-11,13-14,16H2,1H3,(H,24,28).